The number of benzene rings is 2. The van der Waals surface area contributed by atoms with Gasteiger partial charge in [0, 0.05) is 30.5 Å². The van der Waals surface area contributed by atoms with Crippen LogP contribution in [0.25, 0.3) is 0 Å². The van der Waals surface area contributed by atoms with E-state index in [1.54, 1.807) is 0 Å². The Morgan fingerprint density at radius 1 is 0.962 bits per heavy atom. The quantitative estimate of drug-likeness (QED) is 0.787. The lowest BCUT2D eigenvalue weighted by atomic mass is 9.70. The molecule has 3 aliphatic heterocycles. The summed E-state index contributed by atoms with van der Waals surface area (Å²) in [5.74, 6) is 3.06. The van der Waals surface area contributed by atoms with E-state index in [-0.39, 0.29) is 25.5 Å². The number of aliphatic hydroxyl groups excluding tert-OH is 1. The molecule has 4 aliphatic rings. The standard InChI is InChI=1S/C20H18NO5/c1-21-7-13-11(2-3-15-20(13)26-9-23-15)18-14(22)4-10-5-16-17(25-8-24-16)6-12(10)19(18)21/h2-3,5-6,18-19,22H,4,7-9H2,1H3/t18-,19+/m0/s1. The number of likely N-dealkylation sites (N-methyl/N-ethyl adjacent to an activating group) is 1. The molecule has 0 spiro atoms. The first-order valence-electron chi connectivity index (χ1n) is 8.79. The van der Waals surface area contributed by atoms with Gasteiger partial charge in [-0.3, -0.25) is 4.90 Å². The van der Waals surface area contributed by atoms with Gasteiger partial charge in [-0.25, -0.2) is 0 Å². The Hall–Kier alpha value is -2.44. The summed E-state index contributed by atoms with van der Waals surface area (Å²) in [6.45, 7) is 1.25. The first-order chi connectivity index (χ1) is 12.7. The summed E-state index contributed by atoms with van der Waals surface area (Å²) in [5, 5.41) is 11.0. The Balaban J connectivity index is 1.53. The van der Waals surface area contributed by atoms with E-state index in [2.05, 4.69) is 24.1 Å². The topological polar surface area (TPSA) is 60.4 Å². The maximum atomic E-state index is 11.0. The third-order valence-electron chi connectivity index (χ3n) is 5.90. The lowest BCUT2D eigenvalue weighted by molar-refractivity contribution is 0.122. The molecular weight excluding hydrogens is 334 g/mol. The smallest absolute Gasteiger partial charge is 0.231 e. The maximum absolute atomic E-state index is 11.0. The van der Waals surface area contributed by atoms with E-state index in [0.717, 1.165) is 46.2 Å². The lowest BCUT2D eigenvalue weighted by Crippen LogP contribution is -2.40. The van der Waals surface area contributed by atoms with Gasteiger partial charge in [-0.1, -0.05) is 6.07 Å². The fourth-order valence-corrected chi connectivity index (χ4v) is 4.78. The van der Waals surface area contributed by atoms with Crippen molar-refractivity contribution in [1.82, 2.24) is 4.90 Å². The van der Waals surface area contributed by atoms with Crippen molar-refractivity contribution in [3.05, 3.63) is 52.6 Å². The number of aliphatic hydroxyl groups is 1. The Morgan fingerprint density at radius 2 is 1.73 bits per heavy atom. The van der Waals surface area contributed by atoms with Crippen molar-refractivity contribution < 1.29 is 24.1 Å². The molecular formula is C20H18NO5. The van der Waals surface area contributed by atoms with Gasteiger partial charge in [-0.15, -0.1) is 0 Å². The molecule has 6 rings (SSSR count). The summed E-state index contributed by atoms with van der Waals surface area (Å²) >= 11 is 0. The Kier molecular flexibility index (Phi) is 2.86. The molecule has 2 aromatic carbocycles. The van der Waals surface area contributed by atoms with E-state index < -0.39 is 0 Å². The predicted molar refractivity (Wildman–Crippen MR) is 91.0 cm³/mol. The zero-order chi connectivity index (χ0) is 17.4. The number of nitrogens with zero attached hydrogens (tertiary/aromatic N) is 1. The molecule has 2 atom stereocenters. The molecule has 0 bridgehead atoms. The summed E-state index contributed by atoms with van der Waals surface area (Å²) in [5.41, 5.74) is 4.53. The minimum Gasteiger partial charge on any atom is -0.454 e. The van der Waals surface area contributed by atoms with Crippen LogP contribution < -0.4 is 18.9 Å². The highest BCUT2D eigenvalue weighted by Gasteiger charge is 2.45. The minimum absolute atomic E-state index is 0.0566. The third kappa shape index (κ3) is 1.83. The molecule has 6 nitrogen and oxygen atoms in total. The van der Waals surface area contributed by atoms with Crippen LogP contribution in [0.3, 0.4) is 0 Å². The van der Waals surface area contributed by atoms with Gasteiger partial charge in [0.05, 0.1) is 0 Å². The van der Waals surface area contributed by atoms with Crippen molar-refractivity contribution in [2.24, 2.45) is 0 Å². The van der Waals surface area contributed by atoms with Crippen LogP contribution in [0.4, 0.5) is 0 Å². The summed E-state index contributed by atoms with van der Waals surface area (Å²) < 4.78 is 22.3. The molecule has 0 aromatic heterocycles. The highest BCUT2D eigenvalue weighted by atomic mass is 16.7. The van der Waals surface area contributed by atoms with Gasteiger partial charge in [0.25, 0.3) is 0 Å². The van der Waals surface area contributed by atoms with E-state index in [9.17, 15) is 5.11 Å². The summed E-state index contributed by atoms with van der Waals surface area (Å²) in [6, 6.07) is 8.16. The molecule has 26 heavy (non-hydrogen) atoms. The maximum Gasteiger partial charge on any atom is 0.231 e. The number of fused-ring (bicyclic) bond motifs is 8. The highest BCUT2D eigenvalue weighted by molar-refractivity contribution is 5.59. The van der Waals surface area contributed by atoms with E-state index in [0.29, 0.717) is 12.5 Å². The molecule has 0 fully saturated rings. The molecule has 3 heterocycles. The van der Waals surface area contributed by atoms with Gasteiger partial charge in [0.15, 0.2) is 23.0 Å². The molecule has 2 aromatic rings. The van der Waals surface area contributed by atoms with Gasteiger partial charge in [0.2, 0.25) is 13.6 Å². The lowest BCUT2D eigenvalue weighted by Gasteiger charge is -2.46. The molecule has 1 radical (unpaired) electrons. The molecule has 133 valence electrons. The van der Waals surface area contributed by atoms with E-state index >= 15 is 0 Å². The van der Waals surface area contributed by atoms with Crippen LogP contribution in [0.2, 0.25) is 0 Å². The van der Waals surface area contributed by atoms with Crippen molar-refractivity contribution in [3.63, 3.8) is 0 Å². The first kappa shape index (κ1) is 14.7. The second-order valence-corrected chi connectivity index (χ2v) is 7.28. The zero-order valence-electron chi connectivity index (χ0n) is 14.3. The van der Waals surface area contributed by atoms with Crippen molar-refractivity contribution in [2.45, 2.75) is 24.9 Å². The Morgan fingerprint density at radius 3 is 2.62 bits per heavy atom. The number of hydrogen-bond acceptors (Lipinski definition) is 6. The SMILES string of the molecule is CN1Cc2c(ccc3c2OCO3)[C@H]2[C](O)Cc3cc4c(cc3[C@H]21)OCO4. The molecule has 1 N–H and O–H groups in total. The zero-order valence-corrected chi connectivity index (χ0v) is 14.3. The van der Waals surface area contributed by atoms with E-state index in [1.165, 1.54) is 5.56 Å². The monoisotopic (exact) mass is 352 g/mol. The molecule has 1 aliphatic carbocycles. The second kappa shape index (κ2) is 5.05. The molecule has 0 amide bonds. The number of ether oxygens (including phenoxy) is 4. The van der Waals surface area contributed by atoms with Crippen LogP contribution in [0.15, 0.2) is 24.3 Å². The van der Waals surface area contributed by atoms with E-state index in [4.69, 9.17) is 18.9 Å². The average molecular weight is 352 g/mol. The van der Waals surface area contributed by atoms with Crippen LogP contribution in [0.5, 0.6) is 23.0 Å². The van der Waals surface area contributed by atoms with Crippen LogP contribution in [0, 0.1) is 6.10 Å². The van der Waals surface area contributed by atoms with Gasteiger partial charge in [-0.05, 0) is 41.9 Å². The Bertz CT molecular complexity index is 925. The van der Waals surface area contributed by atoms with Crippen LogP contribution in [-0.2, 0) is 13.0 Å². The molecule has 0 saturated carbocycles. The van der Waals surface area contributed by atoms with Crippen molar-refractivity contribution >= 4 is 0 Å². The van der Waals surface area contributed by atoms with Crippen molar-refractivity contribution in [1.29, 1.82) is 0 Å². The summed E-state index contributed by atoms with van der Waals surface area (Å²) in [6.07, 6.45) is 1.00. The highest BCUT2D eigenvalue weighted by Crippen LogP contribution is 2.55. The largest absolute Gasteiger partial charge is 0.454 e. The van der Waals surface area contributed by atoms with Crippen LogP contribution >= 0.6 is 0 Å². The van der Waals surface area contributed by atoms with Gasteiger partial charge >= 0.3 is 0 Å². The molecule has 6 heteroatoms. The fourth-order valence-electron chi connectivity index (χ4n) is 4.78. The van der Waals surface area contributed by atoms with Crippen molar-refractivity contribution in [2.75, 3.05) is 20.6 Å². The van der Waals surface area contributed by atoms with Gasteiger partial charge in [0.1, 0.15) is 6.10 Å². The molecule has 0 unspecified atom stereocenters. The fraction of sp³-hybridized carbons (Fsp3) is 0.350. The second-order valence-electron chi connectivity index (χ2n) is 7.28. The van der Waals surface area contributed by atoms with E-state index in [1.807, 2.05) is 12.1 Å². The number of hydrogen-bond donors (Lipinski definition) is 1. The van der Waals surface area contributed by atoms with Crippen molar-refractivity contribution in [3.8, 4) is 23.0 Å². The minimum atomic E-state index is -0.0916. The van der Waals surface area contributed by atoms with Gasteiger partial charge in [-0.2, -0.15) is 0 Å². The third-order valence-corrected chi connectivity index (χ3v) is 5.90. The summed E-state index contributed by atoms with van der Waals surface area (Å²) in [4.78, 5) is 2.27. The Labute approximate surface area is 150 Å². The average Bonchev–Trinajstić information content (AvgIpc) is 3.28. The first-order valence-corrected chi connectivity index (χ1v) is 8.79. The molecule has 0 saturated heterocycles. The number of rotatable bonds is 0. The van der Waals surface area contributed by atoms with Gasteiger partial charge < -0.3 is 24.1 Å². The van der Waals surface area contributed by atoms with Crippen LogP contribution in [0.1, 0.15) is 34.2 Å². The van der Waals surface area contributed by atoms with Crippen LogP contribution in [-0.4, -0.2) is 30.6 Å². The predicted octanol–water partition coefficient (Wildman–Crippen LogP) is 2.87. The normalized spacial score (nSPS) is 25.6. The summed E-state index contributed by atoms with van der Waals surface area (Å²) in [7, 11) is 2.09.